The molecule has 56 valence electrons. The third kappa shape index (κ3) is 0.888. The van der Waals surface area contributed by atoms with Crippen molar-refractivity contribution in [1.82, 2.24) is 0 Å². The summed E-state index contributed by atoms with van der Waals surface area (Å²) in [4.78, 5) is 0. The van der Waals surface area contributed by atoms with Crippen LogP contribution in [0.5, 0.6) is 0 Å². The fourth-order valence-electron chi connectivity index (χ4n) is 1.26. The highest BCUT2D eigenvalue weighted by atomic mass is 15.2. The van der Waals surface area contributed by atoms with Crippen molar-refractivity contribution in [3.63, 3.8) is 0 Å². The van der Waals surface area contributed by atoms with E-state index in [1.165, 1.54) is 0 Å². The lowest BCUT2D eigenvalue weighted by Gasteiger charge is -2.09. The Bertz CT molecular complexity index is 307. The molecule has 0 saturated carbocycles. The Hall–Kier alpha value is -1.38. The lowest BCUT2D eigenvalue weighted by molar-refractivity contribution is 1.20. The van der Waals surface area contributed by atoms with Crippen LogP contribution in [-0.2, 0) is 0 Å². The van der Waals surface area contributed by atoms with Crippen LogP contribution in [0.15, 0.2) is 34.1 Å². The van der Waals surface area contributed by atoms with Crippen molar-refractivity contribution < 1.29 is 0 Å². The number of nitrogens with two attached hydrogens (primary N) is 1. The van der Waals surface area contributed by atoms with E-state index in [2.05, 4.69) is 10.2 Å². The minimum Gasteiger partial charge on any atom is -0.399 e. The first-order valence-corrected chi connectivity index (χ1v) is 3.55. The lowest BCUT2D eigenvalue weighted by Crippen LogP contribution is -2.18. The molecule has 0 amide bonds. The van der Waals surface area contributed by atoms with Gasteiger partial charge in [-0.3, -0.25) is 0 Å². The monoisotopic (exact) mass is 147 g/mol. The highest BCUT2D eigenvalue weighted by molar-refractivity contribution is 6.16. The van der Waals surface area contributed by atoms with Crippen LogP contribution in [-0.4, -0.2) is 11.4 Å². The third-order valence-electron chi connectivity index (χ3n) is 1.89. The molecule has 1 aliphatic heterocycles. The molecule has 0 radical (unpaired) electrons. The molecule has 0 aromatic carbocycles. The molecule has 3 heteroatoms. The van der Waals surface area contributed by atoms with Crippen molar-refractivity contribution in [3.05, 3.63) is 23.9 Å². The van der Waals surface area contributed by atoms with Crippen LogP contribution in [0.25, 0.3) is 0 Å². The number of fused-ring (bicyclic) bond motifs is 1. The molecule has 0 bridgehead atoms. The smallest absolute Gasteiger partial charge is 0.0776 e. The van der Waals surface area contributed by atoms with E-state index in [1.54, 1.807) is 0 Å². The molecular formula is C8H9N3. The average molecular weight is 147 g/mol. The molecule has 0 unspecified atom stereocenters. The molecule has 2 N–H and O–H groups in total. The fraction of sp³-hybridized carbons (Fsp3) is 0.250. The SMILES string of the molecule is CC1=NN=C2C=C(N)C=C[C@@H]12. The van der Waals surface area contributed by atoms with Gasteiger partial charge in [0.2, 0.25) is 0 Å². The van der Waals surface area contributed by atoms with E-state index in [9.17, 15) is 0 Å². The van der Waals surface area contributed by atoms with E-state index in [-0.39, 0.29) is 5.92 Å². The van der Waals surface area contributed by atoms with Crippen molar-refractivity contribution in [2.75, 3.05) is 0 Å². The van der Waals surface area contributed by atoms with Gasteiger partial charge in [0, 0.05) is 5.70 Å². The average Bonchev–Trinajstić information content (AvgIpc) is 2.32. The molecule has 11 heavy (non-hydrogen) atoms. The summed E-state index contributed by atoms with van der Waals surface area (Å²) < 4.78 is 0. The zero-order valence-electron chi connectivity index (χ0n) is 6.28. The Labute approximate surface area is 65.0 Å². The van der Waals surface area contributed by atoms with Gasteiger partial charge >= 0.3 is 0 Å². The normalized spacial score (nSPS) is 27.4. The second-order valence-electron chi connectivity index (χ2n) is 2.75. The van der Waals surface area contributed by atoms with E-state index < -0.39 is 0 Å². The van der Waals surface area contributed by atoms with Gasteiger partial charge in [-0.2, -0.15) is 10.2 Å². The van der Waals surface area contributed by atoms with E-state index in [0.717, 1.165) is 17.1 Å². The van der Waals surface area contributed by atoms with Crippen molar-refractivity contribution in [2.24, 2.45) is 21.9 Å². The van der Waals surface area contributed by atoms with Crippen molar-refractivity contribution in [3.8, 4) is 0 Å². The van der Waals surface area contributed by atoms with Crippen LogP contribution in [0.4, 0.5) is 0 Å². The Morgan fingerprint density at radius 3 is 3.09 bits per heavy atom. The molecule has 0 aromatic rings. The second-order valence-corrected chi connectivity index (χ2v) is 2.75. The molecule has 1 aliphatic carbocycles. The number of rotatable bonds is 0. The minimum atomic E-state index is 0.280. The van der Waals surface area contributed by atoms with E-state index in [4.69, 9.17) is 5.73 Å². The second kappa shape index (κ2) is 2.05. The molecule has 0 aromatic heterocycles. The molecule has 2 rings (SSSR count). The number of hydrogen-bond donors (Lipinski definition) is 1. The van der Waals surface area contributed by atoms with Gasteiger partial charge in [0.15, 0.2) is 0 Å². The van der Waals surface area contributed by atoms with Crippen molar-refractivity contribution >= 4 is 11.4 Å². The summed E-state index contributed by atoms with van der Waals surface area (Å²) in [6.45, 7) is 1.97. The highest BCUT2D eigenvalue weighted by Gasteiger charge is 2.21. The van der Waals surface area contributed by atoms with Crippen molar-refractivity contribution in [1.29, 1.82) is 0 Å². The predicted octanol–water partition coefficient (Wildman–Crippen LogP) is 0.846. The zero-order chi connectivity index (χ0) is 7.84. The Balaban J connectivity index is 2.38. The van der Waals surface area contributed by atoms with Gasteiger partial charge in [0.25, 0.3) is 0 Å². The quantitative estimate of drug-likeness (QED) is 0.542. The topological polar surface area (TPSA) is 50.7 Å². The largest absolute Gasteiger partial charge is 0.399 e. The van der Waals surface area contributed by atoms with Gasteiger partial charge in [-0.25, -0.2) is 0 Å². The molecule has 1 atom stereocenters. The van der Waals surface area contributed by atoms with Gasteiger partial charge in [-0.1, -0.05) is 6.08 Å². The molecule has 1 heterocycles. The van der Waals surface area contributed by atoms with E-state index in [0.29, 0.717) is 0 Å². The summed E-state index contributed by atoms with van der Waals surface area (Å²) in [5, 5.41) is 7.95. The summed E-state index contributed by atoms with van der Waals surface area (Å²) in [5.41, 5.74) is 8.34. The molecule has 0 fully saturated rings. The van der Waals surface area contributed by atoms with Gasteiger partial charge in [0.05, 0.1) is 17.3 Å². The van der Waals surface area contributed by atoms with Gasteiger partial charge in [-0.05, 0) is 19.1 Å². The van der Waals surface area contributed by atoms with Crippen LogP contribution in [0, 0.1) is 5.92 Å². The van der Waals surface area contributed by atoms with Crippen LogP contribution in [0.3, 0.4) is 0 Å². The van der Waals surface area contributed by atoms with Crippen molar-refractivity contribution in [2.45, 2.75) is 6.92 Å². The number of allylic oxidation sites excluding steroid dienone is 3. The Kier molecular flexibility index (Phi) is 1.18. The standard InChI is InChI=1S/C8H9N3/c1-5-7-3-2-6(9)4-8(7)11-10-5/h2-4,7H,9H2,1H3/t7-/m0/s1. The first kappa shape index (κ1) is 6.34. The highest BCUT2D eigenvalue weighted by Crippen LogP contribution is 2.18. The Morgan fingerprint density at radius 2 is 2.27 bits per heavy atom. The summed E-state index contributed by atoms with van der Waals surface area (Å²) in [7, 11) is 0. The van der Waals surface area contributed by atoms with E-state index in [1.807, 2.05) is 25.2 Å². The third-order valence-corrected chi connectivity index (χ3v) is 1.89. The number of nitrogens with zero attached hydrogens (tertiary/aromatic N) is 2. The molecule has 2 aliphatic rings. The zero-order valence-corrected chi connectivity index (χ0v) is 6.28. The van der Waals surface area contributed by atoms with E-state index >= 15 is 0 Å². The van der Waals surface area contributed by atoms with Crippen LogP contribution in [0.2, 0.25) is 0 Å². The van der Waals surface area contributed by atoms with Crippen LogP contribution in [0.1, 0.15) is 6.92 Å². The molecule has 3 nitrogen and oxygen atoms in total. The maximum absolute atomic E-state index is 5.58. The number of hydrogen-bond acceptors (Lipinski definition) is 3. The lowest BCUT2D eigenvalue weighted by atomic mass is 9.94. The molecular weight excluding hydrogens is 138 g/mol. The maximum atomic E-state index is 5.58. The van der Waals surface area contributed by atoms with Crippen LogP contribution >= 0.6 is 0 Å². The first-order chi connectivity index (χ1) is 5.27. The predicted molar refractivity (Wildman–Crippen MR) is 45.4 cm³/mol. The molecule has 0 spiro atoms. The summed E-state index contributed by atoms with van der Waals surface area (Å²) in [6, 6.07) is 0. The first-order valence-electron chi connectivity index (χ1n) is 3.55. The maximum Gasteiger partial charge on any atom is 0.0776 e. The molecule has 0 saturated heterocycles. The summed E-state index contributed by atoms with van der Waals surface area (Å²) in [6.07, 6.45) is 5.79. The summed E-state index contributed by atoms with van der Waals surface area (Å²) in [5.74, 6) is 0.280. The van der Waals surface area contributed by atoms with Gasteiger partial charge in [0.1, 0.15) is 0 Å². The van der Waals surface area contributed by atoms with Gasteiger partial charge < -0.3 is 5.73 Å². The van der Waals surface area contributed by atoms with Crippen LogP contribution < -0.4 is 5.73 Å². The minimum absolute atomic E-state index is 0.280. The Morgan fingerprint density at radius 1 is 1.45 bits per heavy atom. The van der Waals surface area contributed by atoms with Gasteiger partial charge in [-0.15, -0.1) is 0 Å². The fourth-order valence-corrected chi connectivity index (χ4v) is 1.26. The summed E-state index contributed by atoms with van der Waals surface area (Å²) >= 11 is 0.